The van der Waals surface area contributed by atoms with E-state index < -0.39 is 0 Å². The second-order valence-corrected chi connectivity index (χ2v) is 9.64. The number of thiazole rings is 1. The van der Waals surface area contributed by atoms with E-state index in [1.165, 1.54) is 22.2 Å². The molecule has 1 atom stereocenters. The first-order chi connectivity index (χ1) is 16.4. The first-order valence-electron chi connectivity index (χ1n) is 11.7. The summed E-state index contributed by atoms with van der Waals surface area (Å²) in [6, 6.07) is 7.92. The highest BCUT2D eigenvalue weighted by molar-refractivity contribution is 7.22. The van der Waals surface area contributed by atoms with Crippen LogP contribution in [0.15, 0.2) is 35.4 Å². The van der Waals surface area contributed by atoms with Crippen LogP contribution >= 0.6 is 11.3 Å². The summed E-state index contributed by atoms with van der Waals surface area (Å²) < 4.78 is 1.73. The predicted molar refractivity (Wildman–Crippen MR) is 133 cm³/mol. The van der Waals surface area contributed by atoms with E-state index in [0.717, 1.165) is 36.9 Å². The number of hydrogen-bond acceptors (Lipinski definition) is 7. The van der Waals surface area contributed by atoms with Gasteiger partial charge in [0.2, 0.25) is 11.8 Å². The summed E-state index contributed by atoms with van der Waals surface area (Å²) in [4.78, 5) is 48.7. The third-order valence-electron chi connectivity index (χ3n) is 5.91. The monoisotopic (exact) mass is 482 g/mol. The minimum atomic E-state index is -0.284. The van der Waals surface area contributed by atoms with Crippen LogP contribution in [0, 0.1) is 12.8 Å². The van der Waals surface area contributed by atoms with Crippen molar-refractivity contribution < 1.29 is 9.59 Å². The molecule has 0 saturated carbocycles. The predicted octanol–water partition coefficient (Wildman–Crippen LogP) is 2.22. The van der Waals surface area contributed by atoms with E-state index >= 15 is 0 Å². The molecule has 180 valence electrons. The molecule has 10 heteroatoms. The molecule has 0 radical (unpaired) electrons. The number of carbonyl (C=O) groups excluding carboxylic acids is 2. The Morgan fingerprint density at radius 3 is 2.76 bits per heavy atom. The van der Waals surface area contributed by atoms with Gasteiger partial charge in [0.25, 0.3) is 5.56 Å². The van der Waals surface area contributed by atoms with E-state index in [4.69, 9.17) is 0 Å². The molecular formula is C24H30N6O3S. The van der Waals surface area contributed by atoms with Crippen LogP contribution in [0.2, 0.25) is 0 Å². The summed E-state index contributed by atoms with van der Waals surface area (Å²) in [7, 11) is 0. The highest BCUT2D eigenvalue weighted by Gasteiger charge is 2.27. The first-order valence-corrected chi connectivity index (χ1v) is 12.5. The van der Waals surface area contributed by atoms with Gasteiger partial charge in [0.05, 0.1) is 5.92 Å². The number of nitrogens with one attached hydrogen (secondary N) is 2. The Labute approximate surface area is 202 Å². The van der Waals surface area contributed by atoms with E-state index in [9.17, 15) is 14.4 Å². The number of aryl methyl sites for hydroxylation is 1. The van der Waals surface area contributed by atoms with Crippen LogP contribution in [0.3, 0.4) is 0 Å². The number of rotatable bonds is 8. The van der Waals surface area contributed by atoms with Crippen LogP contribution in [0.1, 0.15) is 37.3 Å². The number of hydrogen-bond donors (Lipinski definition) is 2. The maximum Gasteiger partial charge on any atom is 0.273 e. The highest BCUT2D eigenvalue weighted by Crippen LogP contribution is 2.29. The van der Waals surface area contributed by atoms with Gasteiger partial charge in [-0.3, -0.25) is 19.0 Å². The molecule has 0 bridgehead atoms. The molecule has 1 saturated heterocycles. The van der Waals surface area contributed by atoms with Crippen LogP contribution in [0.4, 0.5) is 5.13 Å². The summed E-state index contributed by atoms with van der Waals surface area (Å²) in [5.41, 5.74) is 2.24. The van der Waals surface area contributed by atoms with Gasteiger partial charge in [0, 0.05) is 26.2 Å². The van der Waals surface area contributed by atoms with Crippen molar-refractivity contribution in [2.24, 2.45) is 5.92 Å². The van der Waals surface area contributed by atoms with Crippen molar-refractivity contribution in [1.29, 1.82) is 0 Å². The molecule has 1 unspecified atom stereocenters. The number of aromatic nitrogens is 3. The zero-order chi connectivity index (χ0) is 24.1. The summed E-state index contributed by atoms with van der Waals surface area (Å²) in [6.07, 6.45) is 4.01. The Hall–Kier alpha value is -3.27. The molecule has 0 spiro atoms. The Morgan fingerprint density at radius 2 is 2.00 bits per heavy atom. The molecule has 0 aliphatic carbocycles. The largest absolute Gasteiger partial charge is 0.356 e. The fourth-order valence-corrected chi connectivity index (χ4v) is 4.96. The van der Waals surface area contributed by atoms with Gasteiger partial charge in [-0.05, 0) is 31.7 Å². The average molecular weight is 483 g/mol. The molecule has 2 amide bonds. The number of piperidine rings is 1. The Balaban J connectivity index is 1.42. The van der Waals surface area contributed by atoms with Crippen molar-refractivity contribution in [2.75, 3.05) is 24.5 Å². The summed E-state index contributed by atoms with van der Waals surface area (Å²) >= 11 is 1.27. The first kappa shape index (κ1) is 23.9. The topological polar surface area (TPSA) is 109 Å². The van der Waals surface area contributed by atoms with E-state index in [2.05, 4.69) is 25.5 Å². The molecule has 2 aromatic heterocycles. The normalized spacial score (nSPS) is 15.9. The third-order valence-corrected chi connectivity index (χ3v) is 7.00. The van der Waals surface area contributed by atoms with Crippen LogP contribution in [-0.4, -0.2) is 46.0 Å². The van der Waals surface area contributed by atoms with Crippen LogP contribution in [0.5, 0.6) is 0 Å². The van der Waals surface area contributed by atoms with Crippen molar-refractivity contribution in [1.82, 2.24) is 25.2 Å². The summed E-state index contributed by atoms with van der Waals surface area (Å²) in [6.45, 7) is 6.37. The second-order valence-electron chi connectivity index (χ2n) is 8.67. The lowest BCUT2D eigenvalue weighted by Crippen LogP contribution is -2.43. The van der Waals surface area contributed by atoms with Gasteiger partial charge in [0.15, 0.2) is 10.8 Å². The fraction of sp³-hybridized carbons (Fsp3) is 0.458. The molecule has 1 fully saturated rings. The van der Waals surface area contributed by atoms with Crippen molar-refractivity contribution >= 4 is 38.6 Å². The third kappa shape index (κ3) is 5.61. The van der Waals surface area contributed by atoms with E-state index in [0.29, 0.717) is 35.1 Å². The molecule has 1 aliphatic heterocycles. The molecule has 1 aliphatic rings. The lowest BCUT2D eigenvalue weighted by atomic mass is 9.97. The molecular weight excluding hydrogens is 452 g/mol. The second kappa shape index (κ2) is 10.8. The van der Waals surface area contributed by atoms with Crippen LogP contribution in [0.25, 0.3) is 10.3 Å². The van der Waals surface area contributed by atoms with Crippen LogP contribution in [-0.2, 0) is 22.7 Å². The number of amides is 2. The smallest absolute Gasteiger partial charge is 0.273 e. The Kier molecular flexibility index (Phi) is 7.56. The van der Waals surface area contributed by atoms with Gasteiger partial charge in [-0.25, -0.2) is 4.98 Å². The zero-order valence-corrected chi connectivity index (χ0v) is 20.4. The van der Waals surface area contributed by atoms with Crippen molar-refractivity contribution in [3.05, 3.63) is 52.1 Å². The van der Waals surface area contributed by atoms with Crippen molar-refractivity contribution in [3.63, 3.8) is 0 Å². The number of carbonyl (C=O) groups is 2. The van der Waals surface area contributed by atoms with Gasteiger partial charge in [0.1, 0.15) is 17.6 Å². The van der Waals surface area contributed by atoms with Gasteiger partial charge in [-0.2, -0.15) is 4.98 Å². The molecule has 9 nitrogen and oxygen atoms in total. The number of nitrogens with zero attached hydrogens (tertiary/aromatic N) is 4. The van der Waals surface area contributed by atoms with Crippen molar-refractivity contribution in [3.8, 4) is 0 Å². The van der Waals surface area contributed by atoms with Gasteiger partial charge < -0.3 is 15.5 Å². The van der Waals surface area contributed by atoms with Gasteiger partial charge in [-0.15, -0.1) is 0 Å². The molecule has 3 heterocycles. The SMILES string of the molecule is CCCNC(=O)C1CCCN(c2nc3ncn(CC(=O)NCc4ccc(C)cc4)c(=O)c3s2)C1. The van der Waals surface area contributed by atoms with E-state index in [1.807, 2.05) is 38.1 Å². The maximum absolute atomic E-state index is 13.0. The Bertz CT molecular complexity index is 1220. The molecule has 2 N–H and O–H groups in total. The lowest BCUT2D eigenvalue weighted by molar-refractivity contribution is -0.125. The number of anilines is 1. The quantitative estimate of drug-likeness (QED) is 0.510. The summed E-state index contributed by atoms with van der Waals surface area (Å²) in [5.74, 6) is -0.274. The van der Waals surface area contributed by atoms with Gasteiger partial charge in [-0.1, -0.05) is 48.1 Å². The molecule has 34 heavy (non-hydrogen) atoms. The lowest BCUT2D eigenvalue weighted by Gasteiger charge is -2.31. The number of fused-ring (bicyclic) bond motifs is 1. The fourth-order valence-electron chi connectivity index (χ4n) is 3.96. The molecule has 1 aromatic carbocycles. The minimum Gasteiger partial charge on any atom is -0.356 e. The van der Waals surface area contributed by atoms with Crippen molar-refractivity contribution in [2.45, 2.75) is 46.2 Å². The standard InChI is InChI=1S/C24H30N6O3S/c1-3-10-25-22(32)18-5-4-11-29(13-18)24-28-21-20(34-24)23(33)30(15-27-21)14-19(31)26-12-17-8-6-16(2)7-9-17/h6-9,15,18H,3-5,10-14H2,1-2H3,(H,25,32)(H,26,31). The highest BCUT2D eigenvalue weighted by atomic mass is 32.1. The maximum atomic E-state index is 13.0. The Morgan fingerprint density at radius 1 is 1.21 bits per heavy atom. The average Bonchev–Trinajstić information content (AvgIpc) is 3.29. The summed E-state index contributed by atoms with van der Waals surface area (Å²) in [5, 5.41) is 6.51. The number of benzene rings is 1. The van der Waals surface area contributed by atoms with Crippen LogP contribution < -0.4 is 21.1 Å². The van der Waals surface area contributed by atoms with Gasteiger partial charge >= 0.3 is 0 Å². The van der Waals surface area contributed by atoms with E-state index in [1.54, 1.807) is 0 Å². The molecule has 3 aromatic rings. The minimum absolute atomic E-state index is 0.0739. The zero-order valence-electron chi connectivity index (χ0n) is 19.5. The molecule has 4 rings (SSSR count). The van der Waals surface area contributed by atoms with E-state index in [-0.39, 0.29) is 29.8 Å².